The zero-order valence-corrected chi connectivity index (χ0v) is 23.0. The Kier molecular flexibility index (Phi) is 8.70. The molecule has 0 radical (unpaired) electrons. The summed E-state index contributed by atoms with van der Waals surface area (Å²) < 4.78 is 35.8. The molecule has 1 N–H and O–H groups in total. The Labute approximate surface area is 235 Å². The number of carbonyl (C=O) groups excluding carboxylic acids is 3. The van der Waals surface area contributed by atoms with Crippen molar-refractivity contribution in [3.63, 3.8) is 0 Å². The zero-order valence-electron chi connectivity index (χ0n) is 23.0. The Morgan fingerprint density at radius 2 is 1.66 bits per heavy atom. The molecule has 216 valence electrons. The molecule has 4 rings (SSSR count). The average Bonchev–Trinajstić information content (AvgIpc) is 3.25. The van der Waals surface area contributed by atoms with E-state index in [4.69, 9.17) is 4.74 Å². The van der Waals surface area contributed by atoms with Crippen LogP contribution in [0.5, 0.6) is 11.5 Å². The van der Waals surface area contributed by atoms with Crippen molar-refractivity contribution < 1.29 is 32.6 Å². The summed E-state index contributed by atoms with van der Waals surface area (Å²) in [5.74, 6) is -1.45. The van der Waals surface area contributed by atoms with E-state index in [1.807, 2.05) is 0 Å². The van der Waals surface area contributed by atoms with Gasteiger partial charge in [-0.1, -0.05) is 12.1 Å². The van der Waals surface area contributed by atoms with Crippen molar-refractivity contribution >= 4 is 23.4 Å². The standard InChI is InChI=1S/C29H30F2N4O6/c1-17-13-14-34(16-23(36)33(2)3)28(39)25(17)35-15-22(18-5-9-20(40-4)10-6-18)24(27(35)38)32-26(37)19-7-11-21(12-8-19)41-29(30)31/h5-14,22,24,29H,15-16H2,1-4H3,(H,32,37)/t22-,24?/m0/s1. The number of pyridine rings is 1. The third-order valence-corrected chi connectivity index (χ3v) is 6.90. The van der Waals surface area contributed by atoms with Crippen LogP contribution < -0.4 is 25.2 Å². The molecule has 2 heterocycles. The Hall–Kier alpha value is -4.74. The molecule has 3 aromatic rings. The lowest BCUT2D eigenvalue weighted by atomic mass is 9.93. The fourth-order valence-corrected chi connectivity index (χ4v) is 4.65. The van der Waals surface area contributed by atoms with Crippen LogP contribution in [0.3, 0.4) is 0 Å². The van der Waals surface area contributed by atoms with Crippen LogP contribution in [0.25, 0.3) is 0 Å². The van der Waals surface area contributed by atoms with Crippen LogP contribution >= 0.6 is 0 Å². The van der Waals surface area contributed by atoms with Gasteiger partial charge < -0.3 is 29.2 Å². The maximum atomic E-state index is 13.9. The fraction of sp³-hybridized carbons (Fsp3) is 0.310. The number of hydrogen-bond donors (Lipinski definition) is 1. The van der Waals surface area contributed by atoms with Crippen LogP contribution in [0.4, 0.5) is 14.5 Å². The fourth-order valence-electron chi connectivity index (χ4n) is 4.65. The van der Waals surface area contributed by atoms with E-state index >= 15 is 0 Å². The lowest BCUT2D eigenvalue weighted by molar-refractivity contribution is -0.129. The number of nitrogens with zero attached hydrogens (tertiary/aromatic N) is 3. The summed E-state index contributed by atoms with van der Waals surface area (Å²) in [5, 5.41) is 2.76. The molecule has 12 heteroatoms. The molecule has 0 aliphatic carbocycles. The topological polar surface area (TPSA) is 110 Å². The number of anilines is 1. The summed E-state index contributed by atoms with van der Waals surface area (Å²) in [4.78, 5) is 55.5. The first kappa shape index (κ1) is 29.2. The predicted molar refractivity (Wildman–Crippen MR) is 147 cm³/mol. The minimum absolute atomic E-state index is 0.0823. The Bertz CT molecular complexity index is 1490. The average molecular weight is 569 g/mol. The monoisotopic (exact) mass is 568 g/mol. The quantitative estimate of drug-likeness (QED) is 0.425. The van der Waals surface area contributed by atoms with E-state index < -0.39 is 35.9 Å². The van der Waals surface area contributed by atoms with E-state index in [0.29, 0.717) is 11.3 Å². The first-order valence-corrected chi connectivity index (χ1v) is 12.7. The molecular formula is C29H30F2N4O6. The number of likely N-dealkylation sites (N-methyl/N-ethyl adjacent to an activating group) is 1. The van der Waals surface area contributed by atoms with E-state index in [9.17, 15) is 28.0 Å². The number of aryl methyl sites for hydroxylation is 1. The van der Waals surface area contributed by atoms with Crippen molar-refractivity contribution in [2.45, 2.75) is 32.0 Å². The SMILES string of the molecule is COc1ccc([C@@H]2CN(c3c(C)ccn(CC(=O)N(C)C)c3=O)C(=O)C2NC(=O)c2ccc(OC(F)F)cc2)cc1. The van der Waals surface area contributed by atoms with Crippen molar-refractivity contribution in [1.82, 2.24) is 14.8 Å². The lowest BCUT2D eigenvalue weighted by Gasteiger charge is -2.20. The molecule has 10 nitrogen and oxygen atoms in total. The van der Waals surface area contributed by atoms with Crippen molar-refractivity contribution in [3.05, 3.63) is 87.8 Å². The van der Waals surface area contributed by atoms with Crippen LogP contribution in [-0.2, 0) is 16.1 Å². The van der Waals surface area contributed by atoms with Gasteiger partial charge in [0.25, 0.3) is 11.5 Å². The molecular weight excluding hydrogens is 538 g/mol. The number of hydrogen-bond acceptors (Lipinski definition) is 6. The molecule has 1 aromatic heterocycles. The zero-order chi connectivity index (χ0) is 29.8. The summed E-state index contributed by atoms with van der Waals surface area (Å²) in [6.45, 7) is -1.43. The number of methoxy groups -OCH3 is 1. The van der Waals surface area contributed by atoms with Crippen molar-refractivity contribution in [2.24, 2.45) is 0 Å². The molecule has 1 aliphatic heterocycles. The highest BCUT2D eigenvalue weighted by Crippen LogP contribution is 2.33. The first-order chi connectivity index (χ1) is 19.5. The molecule has 2 atom stereocenters. The minimum atomic E-state index is -3.01. The van der Waals surface area contributed by atoms with Crippen molar-refractivity contribution in [2.75, 3.05) is 32.6 Å². The van der Waals surface area contributed by atoms with Gasteiger partial charge in [-0.05, 0) is 60.5 Å². The second-order valence-electron chi connectivity index (χ2n) is 9.75. The maximum Gasteiger partial charge on any atom is 0.387 e. The van der Waals surface area contributed by atoms with Crippen molar-refractivity contribution in [3.8, 4) is 11.5 Å². The van der Waals surface area contributed by atoms with E-state index in [2.05, 4.69) is 10.1 Å². The Morgan fingerprint density at radius 3 is 2.24 bits per heavy atom. The number of aromatic nitrogens is 1. The van der Waals surface area contributed by atoms with Gasteiger partial charge in [0.1, 0.15) is 29.8 Å². The van der Waals surface area contributed by atoms with Gasteiger partial charge in [0.2, 0.25) is 11.8 Å². The number of nitrogens with one attached hydrogen (secondary N) is 1. The normalized spacial score (nSPS) is 16.6. The molecule has 3 amide bonds. The highest BCUT2D eigenvalue weighted by molar-refractivity contribution is 6.05. The second kappa shape index (κ2) is 12.2. The third-order valence-electron chi connectivity index (χ3n) is 6.90. The summed E-state index contributed by atoms with van der Waals surface area (Å²) >= 11 is 0. The first-order valence-electron chi connectivity index (χ1n) is 12.7. The van der Waals surface area contributed by atoms with Gasteiger partial charge in [-0.25, -0.2) is 0 Å². The molecule has 1 aliphatic rings. The maximum absolute atomic E-state index is 13.9. The number of halogens is 2. The number of carbonyl (C=O) groups is 3. The lowest BCUT2D eigenvalue weighted by Crippen LogP contribution is -2.44. The molecule has 41 heavy (non-hydrogen) atoms. The minimum Gasteiger partial charge on any atom is -0.497 e. The largest absolute Gasteiger partial charge is 0.497 e. The van der Waals surface area contributed by atoms with Crippen molar-refractivity contribution in [1.29, 1.82) is 0 Å². The number of benzene rings is 2. The van der Waals surface area contributed by atoms with Gasteiger partial charge in [0, 0.05) is 38.3 Å². The van der Waals surface area contributed by atoms with Crippen LogP contribution in [0.15, 0.2) is 65.6 Å². The molecule has 1 fully saturated rings. The molecule has 0 saturated carbocycles. The Morgan fingerprint density at radius 1 is 1.02 bits per heavy atom. The molecule has 1 unspecified atom stereocenters. The van der Waals surface area contributed by atoms with Gasteiger partial charge in [0.15, 0.2) is 0 Å². The van der Waals surface area contributed by atoms with Crippen LogP contribution in [0.2, 0.25) is 0 Å². The van der Waals surface area contributed by atoms with Gasteiger partial charge in [-0.2, -0.15) is 8.78 Å². The highest BCUT2D eigenvalue weighted by Gasteiger charge is 2.44. The van der Waals surface area contributed by atoms with Gasteiger partial charge >= 0.3 is 6.61 Å². The van der Waals surface area contributed by atoms with Gasteiger partial charge in [-0.3, -0.25) is 19.2 Å². The van der Waals surface area contributed by atoms with Gasteiger partial charge in [0.05, 0.1) is 7.11 Å². The number of alkyl halides is 2. The molecule has 1 saturated heterocycles. The summed E-state index contributed by atoms with van der Waals surface area (Å²) in [6, 6.07) is 12.7. The smallest absolute Gasteiger partial charge is 0.387 e. The van der Waals surface area contributed by atoms with Crippen LogP contribution in [0.1, 0.15) is 27.4 Å². The number of rotatable bonds is 9. The van der Waals surface area contributed by atoms with E-state index in [0.717, 1.165) is 5.56 Å². The number of ether oxygens (including phenoxy) is 2. The number of amides is 3. The summed E-state index contributed by atoms with van der Waals surface area (Å²) in [7, 11) is 4.69. The molecule has 2 aromatic carbocycles. The summed E-state index contributed by atoms with van der Waals surface area (Å²) in [6.07, 6.45) is 1.50. The van der Waals surface area contributed by atoms with E-state index in [1.165, 1.54) is 51.9 Å². The molecule has 0 spiro atoms. The third kappa shape index (κ3) is 6.37. The summed E-state index contributed by atoms with van der Waals surface area (Å²) in [5.41, 5.74) is 1.000. The molecule has 0 bridgehead atoms. The predicted octanol–water partition coefficient (Wildman–Crippen LogP) is 2.78. The Balaban J connectivity index is 1.68. The van der Waals surface area contributed by atoms with E-state index in [1.54, 1.807) is 51.4 Å². The highest BCUT2D eigenvalue weighted by atomic mass is 19.3. The van der Waals surface area contributed by atoms with Crippen LogP contribution in [-0.4, -0.2) is 67.6 Å². The van der Waals surface area contributed by atoms with Gasteiger partial charge in [-0.15, -0.1) is 0 Å². The van der Waals surface area contributed by atoms with Crippen LogP contribution in [0, 0.1) is 6.92 Å². The second-order valence-corrected chi connectivity index (χ2v) is 9.75. The van der Waals surface area contributed by atoms with E-state index in [-0.39, 0.29) is 36.0 Å².